The number of aromatic nitrogens is 4. The highest BCUT2D eigenvalue weighted by molar-refractivity contribution is 5.77. The second-order valence-corrected chi connectivity index (χ2v) is 6.24. The van der Waals surface area contributed by atoms with Gasteiger partial charge in [0.15, 0.2) is 0 Å². The average Bonchev–Trinajstić information content (AvgIpc) is 3.15. The van der Waals surface area contributed by atoms with E-state index in [0.29, 0.717) is 18.9 Å². The number of amides is 1. The third kappa shape index (κ3) is 3.90. The number of hydrogen-bond donors (Lipinski definition) is 1. The van der Waals surface area contributed by atoms with Crippen LogP contribution < -0.4 is 5.32 Å². The number of aryl methyl sites for hydroxylation is 2. The number of anilines is 1. The molecule has 1 saturated heterocycles. The summed E-state index contributed by atoms with van der Waals surface area (Å²) in [5, 5.41) is 7.61. The highest BCUT2D eigenvalue weighted by Crippen LogP contribution is 2.20. The van der Waals surface area contributed by atoms with Gasteiger partial charge in [-0.25, -0.2) is 9.97 Å². The quantitative estimate of drug-likeness (QED) is 0.875. The fourth-order valence-electron chi connectivity index (χ4n) is 3.23. The number of likely N-dealkylation sites (tertiary alicyclic amines) is 1. The Kier molecular flexibility index (Phi) is 5.08. The number of nitrogens with one attached hydrogen (secondary N) is 1. The van der Waals surface area contributed by atoms with Gasteiger partial charge in [0.1, 0.15) is 0 Å². The summed E-state index contributed by atoms with van der Waals surface area (Å²) in [6.07, 6.45) is 5.92. The normalized spacial score (nSPS) is 17.2. The molecular weight excluding hydrogens is 304 g/mol. The summed E-state index contributed by atoms with van der Waals surface area (Å²) in [7, 11) is 0. The van der Waals surface area contributed by atoms with Crippen LogP contribution in [0.1, 0.15) is 30.7 Å². The van der Waals surface area contributed by atoms with E-state index in [4.69, 9.17) is 0 Å². The minimum atomic E-state index is 0.183. The van der Waals surface area contributed by atoms with Gasteiger partial charge in [-0.2, -0.15) is 5.10 Å². The topological polar surface area (TPSA) is 75.9 Å². The van der Waals surface area contributed by atoms with Gasteiger partial charge in [0.05, 0.1) is 18.3 Å². The van der Waals surface area contributed by atoms with E-state index in [2.05, 4.69) is 33.4 Å². The Morgan fingerprint density at radius 1 is 1.33 bits per heavy atom. The average molecular weight is 328 g/mol. The van der Waals surface area contributed by atoms with E-state index >= 15 is 0 Å². The highest BCUT2D eigenvalue weighted by atomic mass is 16.2. The monoisotopic (exact) mass is 328 g/mol. The fourth-order valence-corrected chi connectivity index (χ4v) is 3.23. The first kappa shape index (κ1) is 16.4. The molecule has 0 bridgehead atoms. The van der Waals surface area contributed by atoms with Crippen molar-refractivity contribution in [3.8, 4) is 0 Å². The predicted molar refractivity (Wildman–Crippen MR) is 91.6 cm³/mol. The van der Waals surface area contributed by atoms with Crippen molar-refractivity contribution in [1.29, 1.82) is 0 Å². The molecule has 1 aliphatic heterocycles. The second-order valence-electron chi connectivity index (χ2n) is 6.24. The lowest BCUT2D eigenvalue weighted by molar-refractivity contribution is -0.132. The predicted octanol–water partition coefficient (Wildman–Crippen LogP) is 1.78. The molecule has 3 heterocycles. The highest BCUT2D eigenvalue weighted by Gasteiger charge is 2.29. The van der Waals surface area contributed by atoms with Gasteiger partial charge in [-0.15, -0.1) is 0 Å². The third-order valence-electron chi connectivity index (χ3n) is 4.37. The van der Waals surface area contributed by atoms with E-state index in [1.54, 1.807) is 18.5 Å². The molecule has 0 radical (unpaired) electrons. The van der Waals surface area contributed by atoms with E-state index in [0.717, 1.165) is 37.3 Å². The molecule has 1 atom stereocenters. The van der Waals surface area contributed by atoms with Crippen LogP contribution in [0.2, 0.25) is 0 Å². The molecule has 0 aliphatic carbocycles. The number of carbonyl (C=O) groups is 1. The summed E-state index contributed by atoms with van der Waals surface area (Å²) in [6, 6.07) is 4.08. The molecule has 0 spiro atoms. The SMILES string of the molecule is Cc1cc(C)n(C[C@@H]2CCCN2C(=O)CCNc2ncccn2)n1. The number of carbonyl (C=O) groups excluding carboxylic acids is 1. The maximum absolute atomic E-state index is 12.5. The second kappa shape index (κ2) is 7.42. The molecule has 1 fully saturated rings. The molecule has 0 aromatic carbocycles. The van der Waals surface area contributed by atoms with Crippen LogP contribution >= 0.6 is 0 Å². The summed E-state index contributed by atoms with van der Waals surface area (Å²) in [6.45, 7) is 6.22. The standard InChI is InChI=1S/C17H24N6O/c1-13-11-14(2)23(21-13)12-15-5-3-10-22(15)16(24)6-9-20-17-18-7-4-8-19-17/h4,7-8,11,15H,3,5-6,9-10,12H2,1-2H3,(H,18,19,20)/t15-/m0/s1. The van der Waals surface area contributed by atoms with E-state index in [1.807, 2.05) is 16.5 Å². The summed E-state index contributed by atoms with van der Waals surface area (Å²) < 4.78 is 2.02. The summed E-state index contributed by atoms with van der Waals surface area (Å²) in [4.78, 5) is 22.7. The van der Waals surface area contributed by atoms with Gasteiger partial charge in [-0.05, 0) is 38.8 Å². The van der Waals surface area contributed by atoms with E-state index in [9.17, 15) is 4.79 Å². The molecule has 128 valence electrons. The molecule has 7 nitrogen and oxygen atoms in total. The fraction of sp³-hybridized carbons (Fsp3) is 0.529. The molecule has 3 rings (SSSR count). The largest absolute Gasteiger partial charge is 0.354 e. The summed E-state index contributed by atoms with van der Waals surface area (Å²) in [5.74, 6) is 0.744. The zero-order valence-electron chi connectivity index (χ0n) is 14.3. The molecule has 0 saturated carbocycles. The summed E-state index contributed by atoms with van der Waals surface area (Å²) in [5.41, 5.74) is 2.17. The van der Waals surface area contributed by atoms with Crippen molar-refractivity contribution >= 4 is 11.9 Å². The lowest BCUT2D eigenvalue weighted by Gasteiger charge is -2.25. The van der Waals surface area contributed by atoms with Crippen molar-refractivity contribution in [2.45, 2.75) is 45.7 Å². The summed E-state index contributed by atoms with van der Waals surface area (Å²) >= 11 is 0. The Morgan fingerprint density at radius 2 is 2.12 bits per heavy atom. The molecule has 1 N–H and O–H groups in total. The number of hydrogen-bond acceptors (Lipinski definition) is 5. The maximum Gasteiger partial charge on any atom is 0.224 e. The van der Waals surface area contributed by atoms with Crippen LogP contribution in [0, 0.1) is 13.8 Å². The first-order chi connectivity index (χ1) is 11.6. The Bertz CT molecular complexity index is 684. The van der Waals surface area contributed by atoms with Crippen molar-refractivity contribution in [3.63, 3.8) is 0 Å². The van der Waals surface area contributed by atoms with Crippen molar-refractivity contribution < 1.29 is 4.79 Å². The lowest BCUT2D eigenvalue weighted by Crippen LogP contribution is -2.39. The van der Waals surface area contributed by atoms with Crippen LogP contribution in [-0.2, 0) is 11.3 Å². The van der Waals surface area contributed by atoms with Crippen LogP contribution in [0.15, 0.2) is 24.5 Å². The van der Waals surface area contributed by atoms with Gasteiger partial charge in [0.25, 0.3) is 0 Å². The zero-order valence-corrected chi connectivity index (χ0v) is 14.3. The van der Waals surface area contributed by atoms with Gasteiger partial charge in [0, 0.05) is 37.6 Å². The van der Waals surface area contributed by atoms with E-state index in [1.165, 1.54) is 0 Å². The Balaban J connectivity index is 1.52. The zero-order chi connectivity index (χ0) is 16.9. The Labute approximate surface area is 142 Å². The van der Waals surface area contributed by atoms with Crippen LogP contribution in [0.5, 0.6) is 0 Å². The Hall–Kier alpha value is -2.44. The Morgan fingerprint density at radius 3 is 2.83 bits per heavy atom. The van der Waals surface area contributed by atoms with Gasteiger partial charge in [-0.3, -0.25) is 9.48 Å². The first-order valence-electron chi connectivity index (χ1n) is 8.45. The van der Waals surface area contributed by atoms with Crippen molar-refractivity contribution in [3.05, 3.63) is 35.9 Å². The number of nitrogens with zero attached hydrogens (tertiary/aromatic N) is 5. The molecule has 7 heteroatoms. The van der Waals surface area contributed by atoms with E-state index in [-0.39, 0.29) is 11.9 Å². The third-order valence-corrected chi connectivity index (χ3v) is 4.37. The minimum absolute atomic E-state index is 0.183. The van der Waals surface area contributed by atoms with Crippen LogP contribution in [0.3, 0.4) is 0 Å². The molecule has 1 amide bonds. The van der Waals surface area contributed by atoms with Crippen LogP contribution in [-0.4, -0.2) is 49.7 Å². The van der Waals surface area contributed by atoms with Gasteiger partial charge in [-0.1, -0.05) is 0 Å². The van der Waals surface area contributed by atoms with Crippen molar-refractivity contribution in [2.75, 3.05) is 18.4 Å². The molecular formula is C17H24N6O. The van der Waals surface area contributed by atoms with Gasteiger partial charge < -0.3 is 10.2 Å². The smallest absolute Gasteiger partial charge is 0.224 e. The molecule has 0 unspecified atom stereocenters. The van der Waals surface area contributed by atoms with Crippen LogP contribution in [0.4, 0.5) is 5.95 Å². The maximum atomic E-state index is 12.5. The molecule has 1 aliphatic rings. The van der Waals surface area contributed by atoms with Crippen LogP contribution in [0.25, 0.3) is 0 Å². The first-order valence-corrected chi connectivity index (χ1v) is 8.45. The minimum Gasteiger partial charge on any atom is -0.354 e. The lowest BCUT2D eigenvalue weighted by atomic mass is 10.2. The van der Waals surface area contributed by atoms with Gasteiger partial charge in [0.2, 0.25) is 11.9 Å². The van der Waals surface area contributed by atoms with E-state index < -0.39 is 0 Å². The number of rotatable bonds is 6. The van der Waals surface area contributed by atoms with Gasteiger partial charge >= 0.3 is 0 Å². The molecule has 24 heavy (non-hydrogen) atoms. The van der Waals surface area contributed by atoms with Crippen molar-refractivity contribution in [1.82, 2.24) is 24.6 Å². The molecule has 2 aromatic heterocycles. The molecule has 2 aromatic rings. The van der Waals surface area contributed by atoms with Crippen molar-refractivity contribution in [2.24, 2.45) is 0 Å².